The number of unbranched alkanes of at least 4 members (excludes halogenated alkanes) is 3. The summed E-state index contributed by atoms with van der Waals surface area (Å²) >= 11 is 0. The van der Waals surface area contributed by atoms with Gasteiger partial charge in [0.25, 0.3) is 0 Å². The Bertz CT molecular complexity index is 248. The minimum atomic E-state index is 0.0322. The van der Waals surface area contributed by atoms with Gasteiger partial charge in [-0.15, -0.1) is 5.92 Å². The van der Waals surface area contributed by atoms with Crippen molar-refractivity contribution >= 4 is 0 Å². The highest BCUT2D eigenvalue weighted by Gasteiger charge is 2.56. The SMILES string of the molecule is CCCCCC#C[C@]12CCCC[C@H]1O2. The van der Waals surface area contributed by atoms with Gasteiger partial charge in [-0.2, -0.15) is 0 Å². The first-order valence-electron chi connectivity index (χ1n) is 6.05. The summed E-state index contributed by atoms with van der Waals surface area (Å²) in [5.41, 5.74) is 0.0322. The molecule has 0 spiro atoms. The van der Waals surface area contributed by atoms with Crippen molar-refractivity contribution in [3.05, 3.63) is 0 Å². The highest BCUT2D eigenvalue weighted by molar-refractivity contribution is 5.26. The monoisotopic (exact) mass is 192 g/mol. The Morgan fingerprint density at radius 3 is 3.07 bits per heavy atom. The molecule has 1 nitrogen and oxygen atoms in total. The third kappa shape index (κ3) is 2.12. The van der Waals surface area contributed by atoms with Gasteiger partial charge in [0.1, 0.15) is 0 Å². The highest BCUT2D eigenvalue weighted by Crippen LogP contribution is 2.47. The molecule has 14 heavy (non-hydrogen) atoms. The molecule has 2 aliphatic rings. The van der Waals surface area contributed by atoms with E-state index in [1.807, 2.05) is 0 Å². The molecule has 78 valence electrons. The number of hydrogen-bond acceptors (Lipinski definition) is 1. The van der Waals surface area contributed by atoms with E-state index in [9.17, 15) is 0 Å². The van der Waals surface area contributed by atoms with Crippen molar-refractivity contribution in [1.29, 1.82) is 0 Å². The Labute approximate surface area is 87.2 Å². The molecular weight excluding hydrogens is 172 g/mol. The van der Waals surface area contributed by atoms with Crippen molar-refractivity contribution in [2.45, 2.75) is 70.0 Å². The predicted octanol–water partition coefficient (Wildman–Crippen LogP) is 3.28. The Morgan fingerprint density at radius 2 is 2.29 bits per heavy atom. The zero-order valence-electron chi connectivity index (χ0n) is 9.14. The van der Waals surface area contributed by atoms with E-state index in [1.54, 1.807) is 0 Å². The van der Waals surface area contributed by atoms with Gasteiger partial charge in [0.2, 0.25) is 0 Å². The first-order chi connectivity index (χ1) is 6.87. The minimum absolute atomic E-state index is 0.0322. The van der Waals surface area contributed by atoms with Gasteiger partial charge in [0.15, 0.2) is 5.60 Å². The molecule has 0 bridgehead atoms. The average Bonchev–Trinajstić information content (AvgIpc) is 2.92. The van der Waals surface area contributed by atoms with Crippen molar-refractivity contribution < 1.29 is 4.74 Å². The Kier molecular flexibility index (Phi) is 3.13. The van der Waals surface area contributed by atoms with Gasteiger partial charge in [0.05, 0.1) is 6.10 Å². The molecule has 2 atom stereocenters. The first kappa shape index (κ1) is 10.1. The molecule has 2 rings (SSSR count). The summed E-state index contributed by atoms with van der Waals surface area (Å²) < 4.78 is 5.70. The molecule has 1 heteroatoms. The molecule has 1 heterocycles. The first-order valence-corrected chi connectivity index (χ1v) is 6.05. The fourth-order valence-electron chi connectivity index (χ4n) is 2.30. The third-order valence-corrected chi connectivity index (χ3v) is 3.29. The average molecular weight is 192 g/mol. The molecular formula is C13H20O. The predicted molar refractivity (Wildman–Crippen MR) is 58.0 cm³/mol. The molecule has 0 aromatic rings. The maximum absolute atomic E-state index is 5.70. The normalized spacial score (nSPS) is 34.2. The number of fused-ring (bicyclic) bond motifs is 1. The lowest BCUT2D eigenvalue weighted by atomic mass is 9.89. The highest BCUT2D eigenvalue weighted by atomic mass is 16.6. The molecule has 1 saturated carbocycles. The summed E-state index contributed by atoms with van der Waals surface area (Å²) in [6, 6.07) is 0. The molecule has 0 aromatic carbocycles. The third-order valence-electron chi connectivity index (χ3n) is 3.29. The molecule has 0 aromatic heterocycles. The molecule has 2 fully saturated rings. The van der Waals surface area contributed by atoms with Crippen LogP contribution < -0.4 is 0 Å². The molecule has 1 saturated heterocycles. The van der Waals surface area contributed by atoms with Crippen LogP contribution in [0.3, 0.4) is 0 Å². The smallest absolute Gasteiger partial charge is 0.155 e. The van der Waals surface area contributed by atoms with Crippen LogP contribution in [-0.4, -0.2) is 11.7 Å². The van der Waals surface area contributed by atoms with E-state index < -0.39 is 0 Å². The standard InChI is InChI=1S/C13H20O/c1-2-3-4-5-7-10-13-11-8-6-9-12(13)14-13/h12H,2-6,8-9,11H2,1H3/t12-,13+/m1/s1. The van der Waals surface area contributed by atoms with Crippen LogP contribution in [0.25, 0.3) is 0 Å². The summed E-state index contributed by atoms with van der Waals surface area (Å²) in [5, 5.41) is 0. The quantitative estimate of drug-likeness (QED) is 0.380. The zero-order chi connectivity index (χ0) is 9.86. The van der Waals surface area contributed by atoms with Gasteiger partial charge >= 0.3 is 0 Å². The second kappa shape index (κ2) is 4.36. The van der Waals surface area contributed by atoms with Crippen LogP contribution in [0.2, 0.25) is 0 Å². The Morgan fingerprint density at radius 1 is 1.36 bits per heavy atom. The molecule has 0 N–H and O–H groups in total. The fourth-order valence-corrected chi connectivity index (χ4v) is 2.30. The molecule has 1 aliphatic carbocycles. The van der Waals surface area contributed by atoms with E-state index in [2.05, 4.69) is 18.8 Å². The summed E-state index contributed by atoms with van der Waals surface area (Å²) in [7, 11) is 0. The number of ether oxygens (including phenoxy) is 1. The molecule has 0 amide bonds. The van der Waals surface area contributed by atoms with Gasteiger partial charge in [-0.1, -0.05) is 32.1 Å². The lowest BCUT2D eigenvalue weighted by Crippen LogP contribution is -2.16. The van der Waals surface area contributed by atoms with Gasteiger partial charge in [-0.05, 0) is 25.7 Å². The van der Waals surface area contributed by atoms with E-state index in [4.69, 9.17) is 4.74 Å². The van der Waals surface area contributed by atoms with Crippen molar-refractivity contribution in [3.8, 4) is 11.8 Å². The lowest BCUT2D eigenvalue weighted by molar-refractivity contribution is 0.336. The van der Waals surface area contributed by atoms with Crippen molar-refractivity contribution in [2.75, 3.05) is 0 Å². The van der Waals surface area contributed by atoms with Crippen LogP contribution in [0.4, 0.5) is 0 Å². The van der Waals surface area contributed by atoms with Gasteiger partial charge in [-0.25, -0.2) is 0 Å². The molecule has 0 radical (unpaired) electrons. The topological polar surface area (TPSA) is 12.5 Å². The second-order valence-corrected chi connectivity index (χ2v) is 4.50. The number of rotatable bonds is 3. The van der Waals surface area contributed by atoms with E-state index >= 15 is 0 Å². The Balaban J connectivity index is 1.74. The van der Waals surface area contributed by atoms with Gasteiger partial charge in [0, 0.05) is 6.42 Å². The largest absolute Gasteiger partial charge is 0.352 e. The lowest BCUT2D eigenvalue weighted by Gasteiger charge is -2.10. The maximum atomic E-state index is 5.70. The number of epoxide rings is 1. The van der Waals surface area contributed by atoms with Gasteiger partial charge in [-0.3, -0.25) is 0 Å². The van der Waals surface area contributed by atoms with Crippen molar-refractivity contribution in [1.82, 2.24) is 0 Å². The molecule has 0 unspecified atom stereocenters. The van der Waals surface area contributed by atoms with E-state index in [-0.39, 0.29) is 5.60 Å². The summed E-state index contributed by atoms with van der Waals surface area (Å²) in [6.45, 7) is 2.23. The molecule has 1 aliphatic heterocycles. The van der Waals surface area contributed by atoms with Crippen LogP contribution in [0, 0.1) is 11.8 Å². The minimum Gasteiger partial charge on any atom is -0.352 e. The fraction of sp³-hybridized carbons (Fsp3) is 0.846. The maximum Gasteiger partial charge on any atom is 0.155 e. The number of hydrogen-bond donors (Lipinski definition) is 0. The summed E-state index contributed by atoms with van der Waals surface area (Å²) in [5.74, 6) is 6.66. The van der Waals surface area contributed by atoms with E-state index in [0.29, 0.717) is 6.10 Å². The van der Waals surface area contributed by atoms with Gasteiger partial charge < -0.3 is 4.74 Å². The van der Waals surface area contributed by atoms with E-state index in [0.717, 1.165) is 6.42 Å². The van der Waals surface area contributed by atoms with Crippen LogP contribution in [-0.2, 0) is 4.74 Å². The van der Waals surface area contributed by atoms with Crippen LogP contribution in [0.15, 0.2) is 0 Å². The van der Waals surface area contributed by atoms with Crippen molar-refractivity contribution in [3.63, 3.8) is 0 Å². The van der Waals surface area contributed by atoms with Crippen molar-refractivity contribution in [2.24, 2.45) is 0 Å². The summed E-state index contributed by atoms with van der Waals surface area (Å²) in [4.78, 5) is 0. The van der Waals surface area contributed by atoms with Crippen LogP contribution >= 0.6 is 0 Å². The van der Waals surface area contributed by atoms with E-state index in [1.165, 1.54) is 44.9 Å². The summed E-state index contributed by atoms with van der Waals surface area (Å²) in [6.07, 6.45) is 10.5. The van der Waals surface area contributed by atoms with Crippen LogP contribution in [0.5, 0.6) is 0 Å². The zero-order valence-corrected chi connectivity index (χ0v) is 9.14. The van der Waals surface area contributed by atoms with Crippen LogP contribution in [0.1, 0.15) is 58.3 Å². The second-order valence-electron chi connectivity index (χ2n) is 4.50. The Hall–Kier alpha value is -0.480.